The van der Waals surface area contributed by atoms with Gasteiger partial charge in [0.2, 0.25) is 0 Å². The van der Waals surface area contributed by atoms with Crippen LogP contribution in [0.25, 0.3) is 0 Å². The van der Waals surface area contributed by atoms with Crippen LogP contribution in [0.4, 0.5) is 0 Å². The highest BCUT2D eigenvalue weighted by molar-refractivity contribution is 9.11. The molecule has 0 aromatic carbocycles. The molecule has 0 aliphatic heterocycles. The maximum absolute atomic E-state index is 10.8. The molecule has 1 atom stereocenters. The Kier molecular flexibility index (Phi) is 3.46. The molecular weight excluding hydrogens is 276 g/mol. The summed E-state index contributed by atoms with van der Waals surface area (Å²) in [5.74, 6) is 0.135. The topological polar surface area (TPSA) is 37.3 Å². The molecule has 1 aromatic heterocycles. The number of carbonyl (C=O) groups is 1. The van der Waals surface area contributed by atoms with E-state index in [0.717, 1.165) is 3.79 Å². The number of carboxylic acid groups (broad SMARTS) is 1. The minimum absolute atomic E-state index is 0.229. The summed E-state index contributed by atoms with van der Waals surface area (Å²) in [6, 6.07) is 4.06. The van der Waals surface area contributed by atoms with Crippen molar-refractivity contribution in [2.45, 2.75) is 31.6 Å². The molecule has 0 spiro atoms. The van der Waals surface area contributed by atoms with Crippen molar-refractivity contribution in [3.63, 3.8) is 0 Å². The molecule has 1 unspecified atom stereocenters. The van der Waals surface area contributed by atoms with Gasteiger partial charge >= 0.3 is 5.97 Å². The Hall–Kier alpha value is -0.350. The summed E-state index contributed by atoms with van der Waals surface area (Å²) >= 11 is 5.10. The van der Waals surface area contributed by atoms with Crippen molar-refractivity contribution in [3.8, 4) is 0 Å². The van der Waals surface area contributed by atoms with Gasteiger partial charge in [0.1, 0.15) is 0 Å². The van der Waals surface area contributed by atoms with E-state index in [2.05, 4.69) is 22.0 Å². The molecule has 2 rings (SSSR count). The molecule has 1 fully saturated rings. The Bertz CT molecular complexity index is 357. The standard InChI is InChI=1S/C11H13BrO2S/c12-10-5-4-9(15-10)8(6-11(13)14)7-2-1-3-7/h4-5,7-8H,1-3,6H2,(H,13,14). The van der Waals surface area contributed by atoms with Crippen LogP contribution in [0.2, 0.25) is 0 Å². The predicted octanol–water partition coefficient (Wildman–Crippen LogP) is 3.87. The Balaban J connectivity index is 2.13. The highest BCUT2D eigenvalue weighted by Crippen LogP contribution is 2.44. The van der Waals surface area contributed by atoms with Crippen LogP contribution in [-0.2, 0) is 4.79 Å². The molecule has 1 heterocycles. The van der Waals surface area contributed by atoms with Gasteiger partial charge in [0.25, 0.3) is 0 Å². The minimum Gasteiger partial charge on any atom is -0.481 e. The summed E-state index contributed by atoms with van der Waals surface area (Å²) in [7, 11) is 0. The van der Waals surface area contributed by atoms with Crippen LogP contribution in [0.5, 0.6) is 0 Å². The van der Waals surface area contributed by atoms with Crippen LogP contribution in [0.1, 0.15) is 36.5 Å². The van der Waals surface area contributed by atoms with E-state index < -0.39 is 5.97 Å². The van der Waals surface area contributed by atoms with Crippen molar-refractivity contribution in [3.05, 3.63) is 20.8 Å². The summed E-state index contributed by atoms with van der Waals surface area (Å²) < 4.78 is 1.09. The molecule has 1 aliphatic carbocycles. The maximum Gasteiger partial charge on any atom is 0.304 e. The van der Waals surface area contributed by atoms with Crippen LogP contribution < -0.4 is 0 Å². The lowest BCUT2D eigenvalue weighted by Crippen LogP contribution is -2.22. The normalized spacial score (nSPS) is 18.5. The van der Waals surface area contributed by atoms with Gasteiger partial charge in [0, 0.05) is 10.8 Å². The van der Waals surface area contributed by atoms with Gasteiger partial charge in [0.15, 0.2) is 0 Å². The second-order valence-corrected chi connectivity index (χ2v) is 6.53. The third-order valence-corrected chi connectivity index (χ3v) is 4.83. The third kappa shape index (κ3) is 2.61. The smallest absolute Gasteiger partial charge is 0.304 e. The molecule has 0 bridgehead atoms. The van der Waals surface area contributed by atoms with Gasteiger partial charge < -0.3 is 5.11 Å². The van der Waals surface area contributed by atoms with Crippen molar-refractivity contribution in [2.24, 2.45) is 5.92 Å². The zero-order valence-electron chi connectivity index (χ0n) is 8.28. The van der Waals surface area contributed by atoms with E-state index in [4.69, 9.17) is 5.11 Å². The largest absolute Gasteiger partial charge is 0.481 e. The van der Waals surface area contributed by atoms with Gasteiger partial charge in [-0.1, -0.05) is 6.42 Å². The molecule has 15 heavy (non-hydrogen) atoms. The molecule has 1 aliphatic rings. The highest BCUT2D eigenvalue weighted by Gasteiger charge is 2.30. The average molecular weight is 289 g/mol. The monoisotopic (exact) mass is 288 g/mol. The van der Waals surface area contributed by atoms with Gasteiger partial charge in [-0.15, -0.1) is 11.3 Å². The van der Waals surface area contributed by atoms with E-state index in [1.54, 1.807) is 11.3 Å². The van der Waals surface area contributed by atoms with Gasteiger partial charge in [-0.25, -0.2) is 0 Å². The second kappa shape index (κ2) is 4.66. The summed E-state index contributed by atoms with van der Waals surface area (Å²) in [6.45, 7) is 0. The van der Waals surface area contributed by atoms with E-state index in [0.29, 0.717) is 5.92 Å². The van der Waals surface area contributed by atoms with Crippen molar-refractivity contribution in [1.82, 2.24) is 0 Å². The van der Waals surface area contributed by atoms with Crippen molar-refractivity contribution in [2.75, 3.05) is 0 Å². The first-order valence-corrected chi connectivity index (χ1v) is 6.75. The van der Waals surface area contributed by atoms with Crippen molar-refractivity contribution >= 4 is 33.2 Å². The van der Waals surface area contributed by atoms with Gasteiger partial charge in [-0.3, -0.25) is 4.79 Å². The molecule has 4 heteroatoms. The summed E-state index contributed by atoms with van der Waals surface area (Å²) in [5, 5.41) is 8.91. The first-order valence-electron chi connectivity index (χ1n) is 5.14. The molecule has 2 nitrogen and oxygen atoms in total. The number of hydrogen-bond donors (Lipinski definition) is 1. The fourth-order valence-electron chi connectivity index (χ4n) is 2.06. The van der Waals surface area contributed by atoms with Crippen molar-refractivity contribution in [1.29, 1.82) is 0 Å². The lowest BCUT2D eigenvalue weighted by Gasteiger charge is -2.32. The molecule has 82 valence electrons. The number of aliphatic carboxylic acids is 1. The number of rotatable bonds is 4. The number of halogens is 1. The van der Waals surface area contributed by atoms with E-state index in [1.165, 1.54) is 24.1 Å². The van der Waals surface area contributed by atoms with E-state index >= 15 is 0 Å². The van der Waals surface area contributed by atoms with E-state index in [-0.39, 0.29) is 12.3 Å². The van der Waals surface area contributed by atoms with Crippen molar-refractivity contribution < 1.29 is 9.90 Å². The average Bonchev–Trinajstić information content (AvgIpc) is 2.46. The van der Waals surface area contributed by atoms with E-state index in [1.807, 2.05) is 6.07 Å². The fourth-order valence-corrected chi connectivity index (χ4v) is 3.67. The first-order chi connectivity index (χ1) is 7.16. The van der Waals surface area contributed by atoms with E-state index in [9.17, 15) is 4.79 Å². The second-order valence-electron chi connectivity index (χ2n) is 4.04. The first kappa shape index (κ1) is 11.1. The molecule has 0 radical (unpaired) electrons. The SMILES string of the molecule is O=C(O)CC(c1ccc(Br)s1)C1CCC1. The Labute approximate surface area is 101 Å². The molecule has 0 amide bonds. The summed E-state index contributed by atoms with van der Waals surface area (Å²) in [6.07, 6.45) is 3.91. The number of thiophene rings is 1. The quantitative estimate of drug-likeness (QED) is 0.913. The fraction of sp³-hybridized carbons (Fsp3) is 0.545. The maximum atomic E-state index is 10.8. The van der Waals surface area contributed by atoms with Crippen LogP contribution in [-0.4, -0.2) is 11.1 Å². The lowest BCUT2D eigenvalue weighted by molar-refractivity contribution is -0.137. The van der Waals surface area contributed by atoms with Crippen LogP contribution in [0.15, 0.2) is 15.9 Å². The Morgan fingerprint density at radius 3 is 2.73 bits per heavy atom. The van der Waals surface area contributed by atoms with Gasteiger partial charge in [-0.2, -0.15) is 0 Å². The minimum atomic E-state index is -0.684. The molecule has 1 saturated carbocycles. The molecule has 1 aromatic rings. The van der Waals surface area contributed by atoms with Crippen LogP contribution in [0.3, 0.4) is 0 Å². The lowest BCUT2D eigenvalue weighted by atomic mass is 9.74. The van der Waals surface area contributed by atoms with Gasteiger partial charge in [0.05, 0.1) is 10.2 Å². The Morgan fingerprint density at radius 1 is 1.60 bits per heavy atom. The number of hydrogen-bond acceptors (Lipinski definition) is 2. The van der Waals surface area contributed by atoms with Crippen LogP contribution >= 0.6 is 27.3 Å². The van der Waals surface area contributed by atoms with Crippen LogP contribution in [0, 0.1) is 5.92 Å². The third-order valence-electron chi connectivity index (χ3n) is 3.07. The highest BCUT2D eigenvalue weighted by atomic mass is 79.9. The molecular formula is C11H13BrO2S. The van der Waals surface area contributed by atoms with Gasteiger partial charge in [-0.05, 0) is 46.8 Å². The molecule has 0 saturated heterocycles. The predicted molar refractivity (Wildman–Crippen MR) is 64.4 cm³/mol. The zero-order valence-corrected chi connectivity index (χ0v) is 10.7. The summed E-state index contributed by atoms with van der Waals surface area (Å²) in [5.41, 5.74) is 0. The zero-order chi connectivity index (χ0) is 10.8. The number of carboxylic acids is 1. The Morgan fingerprint density at radius 2 is 2.33 bits per heavy atom. The molecule has 1 N–H and O–H groups in total. The summed E-state index contributed by atoms with van der Waals surface area (Å²) in [4.78, 5) is 12.0.